The van der Waals surface area contributed by atoms with Crippen molar-refractivity contribution in [2.45, 2.75) is 86.2 Å². The summed E-state index contributed by atoms with van der Waals surface area (Å²) in [6, 6.07) is 0. The van der Waals surface area contributed by atoms with Crippen molar-refractivity contribution in [1.29, 1.82) is 0 Å². The van der Waals surface area contributed by atoms with E-state index in [1.807, 2.05) is 0 Å². The lowest BCUT2D eigenvalue weighted by Gasteiger charge is -2.44. The Morgan fingerprint density at radius 2 is 0.676 bits per heavy atom. The highest BCUT2D eigenvalue weighted by Gasteiger charge is 2.97. The molecule has 0 saturated carbocycles. The highest BCUT2D eigenvalue weighted by atomic mass is 19.4. The molecule has 0 unspecified atom stereocenters. The van der Waals surface area contributed by atoms with E-state index in [0.717, 1.165) is 19.9 Å². The average molecular weight is 602 g/mol. The van der Waals surface area contributed by atoms with Crippen molar-refractivity contribution in [2.75, 3.05) is 0 Å². The number of hydrogen-bond donors (Lipinski definition) is 0. The largest absolute Gasteiger partial charge is 0.460 e. The highest BCUT2D eigenvalue weighted by molar-refractivity contribution is 5.18. The van der Waals surface area contributed by atoms with Crippen LogP contribution in [-0.4, -0.2) is 59.5 Å². The number of rotatable bonds is 11. The molecular formula is C16H11F21. The molecule has 0 saturated heterocycles. The molecule has 21 heteroatoms. The van der Waals surface area contributed by atoms with Gasteiger partial charge in [-0.25, -0.2) is 0 Å². The van der Waals surface area contributed by atoms with Crippen molar-refractivity contribution in [3.05, 3.63) is 11.6 Å². The molecule has 0 fully saturated rings. The molecule has 0 radical (unpaired) electrons. The minimum atomic E-state index is -9.14. The minimum absolute atomic E-state index is 0.352. The Balaban J connectivity index is 6.95. The summed E-state index contributed by atoms with van der Waals surface area (Å²) in [5.74, 6) is -76.4. The third-order valence-electron chi connectivity index (χ3n) is 4.90. The van der Waals surface area contributed by atoms with E-state index in [4.69, 9.17) is 0 Å². The predicted octanol–water partition coefficient (Wildman–Crippen LogP) is 9.01. The molecule has 0 aromatic rings. The van der Waals surface area contributed by atoms with Crippen LogP contribution in [0.4, 0.5) is 92.2 Å². The van der Waals surface area contributed by atoms with Crippen LogP contribution in [0.2, 0.25) is 0 Å². The van der Waals surface area contributed by atoms with Gasteiger partial charge in [0.1, 0.15) is 0 Å². The summed E-state index contributed by atoms with van der Waals surface area (Å²) < 4.78 is 277. The van der Waals surface area contributed by atoms with Gasteiger partial charge in [0.2, 0.25) is 0 Å². The zero-order chi connectivity index (χ0) is 30.7. The van der Waals surface area contributed by atoms with E-state index >= 15 is 0 Å². The van der Waals surface area contributed by atoms with Crippen LogP contribution in [0.5, 0.6) is 0 Å². The second kappa shape index (κ2) is 9.18. The van der Waals surface area contributed by atoms with Gasteiger partial charge in [-0.15, -0.1) is 0 Å². The Morgan fingerprint density at radius 3 is 0.919 bits per heavy atom. The van der Waals surface area contributed by atoms with Gasteiger partial charge in [0.15, 0.2) is 0 Å². The summed E-state index contributed by atoms with van der Waals surface area (Å²) in [7, 11) is 0. The van der Waals surface area contributed by atoms with Gasteiger partial charge in [-0.05, 0) is 20.3 Å². The first-order chi connectivity index (χ1) is 15.7. The van der Waals surface area contributed by atoms with Crippen molar-refractivity contribution in [3.63, 3.8) is 0 Å². The summed E-state index contributed by atoms with van der Waals surface area (Å²) in [4.78, 5) is 0. The van der Waals surface area contributed by atoms with Gasteiger partial charge in [-0.2, -0.15) is 92.2 Å². The molecule has 0 amide bonds. The molecule has 0 bridgehead atoms. The third-order valence-corrected chi connectivity index (χ3v) is 4.90. The number of allylic oxidation sites excluding steroid dienone is 2. The molecule has 0 atom stereocenters. The van der Waals surface area contributed by atoms with E-state index in [0.29, 0.717) is 0 Å². The van der Waals surface area contributed by atoms with Crippen LogP contribution in [0, 0.1) is 0 Å². The molecule has 0 aromatic heterocycles. The van der Waals surface area contributed by atoms with E-state index in [1.54, 1.807) is 0 Å². The van der Waals surface area contributed by atoms with Gasteiger partial charge in [-0.3, -0.25) is 0 Å². The van der Waals surface area contributed by atoms with Gasteiger partial charge in [-0.1, -0.05) is 11.6 Å². The molecule has 0 heterocycles. The third kappa shape index (κ3) is 4.69. The van der Waals surface area contributed by atoms with E-state index in [-0.39, 0.29) is 5.57 Å². The van der Waals surface area contributed by atoms with Crippen molar-refractivity contribution in [1.82, 2.24) is 0 Å². The van der Waals surface area contributed by atoms with Crippen LogP contribution < -0.4 is 0 Å². The van der Waals surface area contributed by atoms with E-state index in [9.17, 15) is 92.2 Å². The van der Waals surface area contributed by atoms with Crippen LogP contribution in [0.3, 0.4) is 0 Å². The fourth-order valence-electron chi connectivity index (χ4n) is 2.25. The summed E-state index contributed by atoms with van der Waals surface area (Å²) >= 11 is 0. The zero-order valence-electron chi connectivity index (χ0n) is 17.4. The summed E-state index contributed by atoms with van der Waals surface area (Å²) in [6.07, 6.45) is -11.1. The van der Waals surface area contributed by atoms with Crippen LogP contribution in [0.25, 0.3) is 0 Å². The normalized spacial score (nSPS) is 16.9. The Labute approximate surface area is 191 Å². The van der Waals surface area contributed by atoms with E-state index in [1.165, 1.54) is 0 Å². The standard InChI is InChI=1S/C16H11F21/c1-3-6(2)4-5-7(17,18)8(19,20)9(21,22)10(23,24)11(25,26)12(27,28)13(29,30)14(31,32)15(33,34)16(35,36)37/h3H,4-5H2,1-2H3. The average Bonchev–Trinajstić information content (AvgIpc) is 2.69. The van der Waals surface area contributed by atoms with Gasteiger partial charge in [0.05, 0.1) is 0 Å². The van der Waals surface area contributed by atoms with Crippen LogP contribution in [0.1, 0.15) is 26.7 Å². The summed E-state index contributed by atoms with van der Waals surface area (Å²) in [6.45, 7) is 1.89. The zero-order valence-corrected chi connectivity index (χ0v) is 17.4. The topological polar surface area (TPSA) is 0 Å². The number of alkyl halides is 21. The monoisotopic (exact) mass is 602 g/mol. The van der Waals surface area contributed by atoms with Gasteiger partial charge in [0.25, 0.3) is 0 Å². The maximum Gasteiger partial charge on any atom is 0.460 e. The SMILES string of the molecule is CC=C(C)CCC(F)(F)C(F)(F)C(F)(F)C(F)(F)C(F)(F)C(F)(F)C(F)(F)C(F)(F)C(F)(F)C(F)(F)F. The molecule has 0 aliphatic rings. The lowest BCUT2D eigenvalue weighted by atomic mass is 9.85. The van der Waals surface area contributed by atoms with Crippen LogP contribution in [0.15, 0.2) is 11.6 Å². The molecule has 0 aliphatic heterocycles. The lowest BCUT2D eigenvalue weighted by Crippen LogP contribution is -2.76. The first-order valence-corrected chi connectivity index (χ1v) is 8.79. The molecule has 0 N–H and O–H groups in total. The minimum Gasteiger partial charge on any atom is -0.200 e. The summed E-state index contributed by atoms with van der Waals surface area (Å²) in [5.41, 5.74) is -0.352. The molecule has 0 spiro atoms. The van der Waals surface area contributed by atoms with E-state index < -0.39 is 72.3 Å². The first-order valence-electron chi connectivity index (χ1n) is 8.79. The van der Waals surface area contributed by atoms with Crippen molar-refractivity contribution in [3.8, 4) is 0 Å². The smallest absolute Gasteiger partial charge is 0.200 e. The molecule has 37 heavy (non-hydrogen) atoms. The Hall–Kier alpha value is -1.73. The number of hydrogen-bond acceptors (Lipinski definition) is 0. The lowest BCUT2D eigenvalue weighted by molar-refractivity contribution is -0.474. The maximum atomic E-state index is 13.6. The molecule has 0 nitrogen and oxygen atoms in total. The second-order valence-corrected chi connectivity index (χ2v) is 7.43. The first kappa shape index (κ1) is 35.3. The van der Waals surface area contributed by atoms with Gasteiger partial charge >= 0.3 is 59.5 Å². The maximum absolute atomic E-state index is 13.6. The van der Waals surface area contributed by atoms with Crippen LogP contribution >= 0.6 is 0 Å². The predicted molar refractivity (Wildman–Crippen MR) is 79.2 cm³/mol. The van der Waals surface area contributed by atoms with Crippen molar-refractivity contribution >= 4 is 0 Å². The van der Waals surface area contributed by atoms with Crippen molar-refractivity contribution in [2.24, 2.45) is 0 Å². The molecule has 222 valence electrons. The van der Waals surface area contributed by atoms with Gasteiger partial charge in [0, 0.05) is 6.42 Å². The van der Waals surface area contributed by atoms with E-state index in [2.05, 4.69) is 0 Å². The fraction of sp³-hybridized carbons (Fsp3) is 0.875. The van der Waals surface area contributed by atoms with Crippen molar-refractivity contribution < 1.29 is 92.2 Å². The summed E-state index contributed by atoms with van der Waals surface area (Å²) in [5, 5.41) is 0. The van der Waals surface area contributed by atoms with Crippen LogP contribution in [-0.2, 0) is 0 Å². The highest BCUT2D eigenvalue weighted by Crippen LogP contribution is 2.66. The Morgan fingerprint density at radius 1 is 0.432 bits per heavy atom. The Bertz CT molecular complexity index is 843. The molecule has 0 aliphatic carbocycles. The fourth-order valence-corrected chi connectivity index (χ4v) is 2.25. The second-order valence-electron chi connectivity index (χ2n) is 7.43. The molecule has 0 aromatic carbocycles. The molecule has 0 rings (SSSR count). The molecular weight excluding hydrogens is 591 g/mol. The quantitative estimate of drug-likeness (QED) is 0.164. The van der Waals surface area contributed by atoms with Gasteiger partial charge < -0.3 is 0 Å². The number of halogens is 21. The Kier molecular flexibility index (Phi) is 8.75.